The van der Waals surface area contributed by atoms with Crippen molar-refractivity contribution < 1.29 is 14.0 Å². The zero-order valence-corrected chi connectivity index (χ0v) is 15.9. The summed E-state index contributed by atoms with van der Waals surface area (Å²) in [6.07, 6.45) is 4.69. The summed E-state index contributed by atoms with van der Waals surface area (Å²) in [5, 5.41) is 4.20. The molecule has 0 saturated carbocycles. The molecule has 0 atom stereocenters. The zero-order chi connectivity index (χ0) is 18.1. The quantitative estimate of drug-likeness (QED) is 0.526. The second-order valence-electron chi connectivity index (χ2n) is 5.99. The molecule has 2 rings (SSSR count). The zero-order valence-electron chi connectivity index (χ0n) is 15.9. The number of anilines is 1. The highest BCUT2D eigenvalue weighted by Crippen LogP contribution is 2.35. The number of aromatic nitrogens is 1. The minimum Gasteiger partial charge on any atom is -0.497 e. The average Bonchev–Trinajstić information content (AvgIpc) is 3.12. The SMILES string of the molecule is CCCCCCOc1cc(OC)ccc1-c1cc(N(CC)CC)no1. The van der Waals surface area contributed by atoms with E-state index < -0.39 is 0 Å². The molecule has 2 aromatic rings. The van der Waals surface area contributed by atoms with E-state index in [1.54, 1.807) is 7.11 Å². The van der Waals surface area contributed by atoms with Gasteiger partial charge in [-0.3, -0.25) is 0 Å². The van der Waals surface area contributed by atoms with Crippen molar-refractivity contribution in [3.05, 3.63) is 24.3 Å². The first-order valence-electron chi connectivity index (χ1n) is 9.26. The Hall–Kier alpha value is -2.17. The predicted molar refractivity (Wildman–Crippen MR) is 102 cm³/mol. The van der Waals surface area contributed by atoms with Crippen LogP contribution in [0, 0.1) is 0 Å². The van der Waals surface area contributed by atoms with E-state index >= 15 is 0 Å². The van der Waals surface area contributed by atoms with Gasteiger partial charge >= 0.3 is 0 Å². The monoisotopic (exact) mass is 346 g/mol. The van der Waals surface area contributed by atoms with Crippen LogP contribution in [0.25, 0.3) is 11.3 Å². The minimum absolute atomic E-state index is 0.692. The number of rotatable bonds is 11. The lowest BCUT2D eigenvalue weighted by Gasteiger charge is -2.15. The number of unbranched alkanes of at least 4 members (excludes halogenated alkanes) is 3. The molecule has 0 aliphatic rings. The highest BCUT2D eigenvalue weighted by molar-refractivity contribution is 5.69. The first kappa shape index (κ1) is 19.2. The van der Waals surface area contributed by atoms with Crippen LogP contribution in [0.3, 0.4) is 0 Å². The molecule has 0 N–H and O–H groups in total. The van der Waals surface area contributed by atoms with Gasteiger partial charge in [-0.05, 0) is 32.4 Å². The number of hydrogen-bond donors (Lipinski definition) is 0. The van der Waals surface area contributed by atoms with E-state index in [1.807, 2.05) is 24.3 Å². The van der Waals surface area contributed by atoms with Gasteiger partial charge in [-0.1, -0.05) is 31.3 Å². The van der Waals surface area contributed by atoms with Gasteiger partial charge in [0.25, 0.3) is 0 Å². The van der Waals surface area contributed by atoms with Crippen LogP contribution < -0.4 is 14.4 Å². The normalized spacial score (nSPS) is 10.7. The van der Waals surface area contributed by atoms with Crippen LogP contribution in [0.2, 0.25) is 0 Å². The van der Waals surface area contributed by atoms with Crippen molar-refractivity contribution in [2.24, 2.45) is 0 Å². The Balaban J connectivity index is 2.18. The molecule has 1 heterocycles. The average molecular weight is 346 g/mol. The first-order chi connectivity index (χ1) is 12.2. The highest BCUT2D eigenvalue weighted by Gasteiger charge is 2.15. The van der Waals surface area contributed by atoms with Gasteiger partial charge in [-0.2, -0.15) is 0 Å². The third-order valence-electron chi connectivity index (χ3n) is 4.29. The van der Waals surface area contributed by atoms with E-state index in [2.05, 4.69) is 30.8 Å². The molecule has 5 nitrogen and oxygen atoms in total. The molecule has 138 valence electrons. The Morgan fingerprint density at radius 1 is 1.04 bits per heavy atom. The molecule has 0 radical (unpaired) electrons. The summed E-state index contributed by atoms with van der Waals surface area (Å²) >= 11 is 0. The van der Waals surface area contributed by atoms with E-state index in [0.29, 0.717) is 12.4 Å². The molecule has 0 aliphatic carbocycles. The summed E-state index contributed by atoms with van der Waals surface area (Å²) in [6.45, 7) is 8.90. The second kappa shape index (κ2) is 9.97. The summed E-state index contributed by atoms with van der Waals surface area (Å²) in [5.74, 6) is 3.12. The lowest BCUT2D eigenvalue weighted by molar-refractivity contribution is 0.302. The van der Waals surface area contributed by atoms with Crippen molar-refractivity contribution in [1.29, 1.82) is 0 Å². The van der Waals surface area contributed by atoms with Crippen LogP contribution in [-0.2, 0) is 0 Å². The van der Waals surface area contributed by atoms with E-state index in [0.717, 1.165) is 42.4 Å². The van der Waals surface area contributed by atoms with Gasteiger partial charge in [0.05, 0.1) is 19.3 Å². The maximum Gasteiger partial charge on any atom is 0.172 e. The smallest absolute Gasteiger partial charge is 0.172 e. The second-order valence-corrected chi connectivity index (χ2v) is 5.99. The Morgan fingerprint density at radius 2 is 1.84 bits per heavy atom. The lowest BCUT2D eigenvalue weighted by atomic mass is 10.1. The summed E-state index contributed by atoms with van der Waals surface area (Å²) in [7, 11) is 1.66. The lowest BCUT2D eigenvalue weighted by Crippen LogP contribution is -2.21. The molecule has 1 aromatic carbocycles. The number of hydrogen-bond acceptors (Lipinski definition) is 5. The standard InChI is InChI=1S/C20H30N2O3/c1-5-8-9-10-13-24-18-14-16(23-4)11-12-17(18)19-15-20(21-25-19)22(6-2)7-3/h11-12,14-15H,5-10,13H2,1-4H3. The van der Waals surface area contributed by atoms with E-state index in [9.17, 15) is 0 Å². The van der Waals surface area contributed by atoms with Crippen LogP contribution in [0.5, 0.6) is 11.5 Å². The fourth-order valence-corrected chi connectivity index (χ4v) is 2.75. The topological polar surface area (TPSA) is 47.7 Å². The Morgan fingerprint density at radius 3 is 2.52 bits per heavy atom. The van der Waals surface area contributed by atoms with Crippen molar-refractivity contribution in [1.82, 2.24) is 5.16 Å². The summed E-state index contributed by atoms with van der Waals surface area (Å²) in [5.41, 5.74) is 0.905. The first-order valence-corrected chi connectivity index (χ1v) is 9.26. The number of ether oxygens (including phenoxy) is 2. The predicted octanol–water partition coefficient (Wildman–Crippen LogP) is 5.16. The molecular weight excluding hydrogens is 316 g/mol. The van der Waals surface area contributed by atoms with Crippen molar-refractivity contribution >= 4 is 5.82 Å². The van der Waals surface area contributed by atoms with Gasteiger partial charge in [0.15, 0.2) is 11.6 Å². The molecule has 25 heavy (non-hydrogen) atoms. The van der Waals surface area contributed by atoms with E-state index in [-0.39, 0.29) is 0 Å². The summed E-state index contributed by atoms with van der Waals surface area (Å²) in [6, 6.07) is 7.76. The number of methoxy groups -OCH3 is 1. The maximum absolute atomic E-state index is 6.02. The molecule has 0 bridgehead atoms. The van der Waals surface area contributed by atoms with Crippen LogP contribution in [-0.4, -0.2) is 32.0 Å². The van der Waals surface area contributed by atoms with Gasteiger partial charge < -0.3 is 18.9 Å². The molecule has 5 heteroatoms. The fraction of sp³-hybridized carbons (Fsp3) is 0.550. The molecule has 0 fully saturated rings. The van der Waals surface area contributed by atoms with E-state index in [4.69, 9.17) is 14.0 Å². The largest absolute Gasteiger partial charge is 0.497 e. The summed E-state index contributed by atoms with van der Waals surface area (Å²) < 4.78 is 16.9. The van der Waals surface area contributed by atoms with Gasteiger partial charge in [-0.25, -0.2) is 0 Å². The number of benzene rings is 1. The molecule has 0 aliphatic heterocycles. The van der Waals surface area contributed by atoms with Crippen LogP contribution in [0.1, 0.15) is 46.5 Å². The molecule has 1 aromatic heterocycles. The molecule has 0 unspecified atom stereocenters. The van der Waals surface area contributed by atoms with Gasteiger partial charge in [0.1, 0.15) is 11.5 Å². The molecule has 0 amide bonds. The van der Waals surface area contributed by atoms with Crippen molar-refractivity contribution in [3.8, 4) is 22.8 Å². The molecule has 0 spiro atoms. The summed E-state index contributed by atoms with van der Waals surface area (Å²) in [4.78, 5) is 2.15. The molecule has 0 saturated heterocycles. The van der Waals surface area contributed by atoms with Crippen LogP contribution >= 0.6 is 0 Å². The van der Waals surface area contributed by atoms with Gasteiger partial charge in [0.2, 0.25) is 0 Å². The van der Waals surface area contributed by atoms with Crippen molar-refractivity contribution in [2.75, 3.05) is 31.7 Å². The van der Waals surface area contributed by atoms with E-state index in [1.165, 1.54) is 19.3 Å². The maximum atomic E-state index is 6.02. The Bertz CT molecular complexity index is 636. The van der Waals surface area contributed by atoms with Gasteiger partial charge in [0, 0.05) is 25.2 Å². The third-order valence-corrected chi connectivity index (χ3v) is 4.29. The third kappa shape index (κ3) is 5.15. The fourth-order valence-electron chi connectivity index (χ4n) is 2.75. The van der Waals surface area contributed by atoms with Gasteiger partial charge in [-0.15, -0.1) is 0 Å². The minimum atomic E-state index is 0.692. The van der Waals surface area contributed by atoms with Crippen LogP contribution in [0.4, 0.5) is 5.82 Å². The van der Waals surface area contributed by atoms with Crippen molar-refractivity contribution in [2.45, 2.75) is 46.5 Å². The van der Waals surface area contributed by atoms with Crippen molar-refractivity contribution in [3.63, 3.8) is 0 Å². The Labute approximate surface area is 150 Å². The highest BCUT2D eigenvalue weighted by atomic mass is 16.5. The number of nitrogens with zero attached hydrogens (tertiary/aromatic N) is 2. The Kier molecular flexibility index (Phi) is 7.64. The molecular formula is C20H30N2O3. The van der Waals surface area contributed by atoms with Crippen LogP contribution in [0.15, 0.2) is 28.8 Å².